The van der Waals surface area contributed by atoms with Gasteiger partial charge in [-0.15, -0.1) is 0 Å². The summed E-state index contributed by atoms with van der Waals surface area (Å²) in [6.45, 7) is 4.50. The SMILES string of the molecule is CCC1(CN=C(N)NCCOC)CCC1. The number of nitrogens with one attached hydrogen (secondary N) is 1. The summed E-state index contributed by atoms with van der Waals surface area (Å²) < 4.78 is 4.92. The molecule has 0 atom stereocenters. The number of hydrogen-bond donors (Lipinski definition) is 2. The van der Waals surface area contributed by atoms with Gasteiger partial charge in [0.15, 0.2) is 5.96 Å². The van der Waals surface area contributed by atoms with Crippen LogP contribution in [0.25, 0.3) is 0 Å². The molecular formula is C11H23N3O. The van der Waals surface area contributed by atoms with E-state index in [9.17, 15) is 0 Å². The van der Waals surface area contributed by atoms with E-state index < -0.39 is 0 Å². The summed E-state index contributed by atoms with van der Waals surface area (Å²) in [5, 5.41) is 3.03. The molecule has 0 aliphatic heterocycles. The molecule has 0 radical (unpaired) electrons. The Labute approximate surface area is 92.3 Å². The van der Waals surface area contributed by atoms with E-state index in [2.05, 4.69) is 17.2 Å². The zero-order valence-corrected chi connectivity index (χ0v) is 9.88. The predicted molar refractivity (Wildman–Crippen MR) is 62.9 cm³/mol. The summed E-state index contributed by atoms with van der Waals surface area (Å²) in [4.78, 5) is 4.39. The highest BCUT2D eigenvalue weighted by atomic mass is 16.5. The molecule has 0 aromatic carbocycles. The van der Waals surface area contributed by atoms with Gasteiger partial charge in [-0.25, -0.2) is 0 Å². The van der Waals surface area contributed by atoms with Crippen molar-refractivity contribution >= 4 is 5.96 Å². The van der Waals surface area contributed by atoms with Crippen molar-refractivity contribution in [2.24, 2.45) is 16.1 Å². The highest BCUT2D eigenvalue weighted by Crippen LogP contribution is 2.43. The summed E-state index contributed by atoms with van der Waals surface area (Å²) in [6, 6.07) is 0. The monoisotopic (exact) mass is 213 g/mol. The van der Waals surface area contributed by atoms with Gasteiger partial charge in [0.05, 0.1) is 6.61 Å². The second-order valence-corrected chi connectivity index (χ2v) is 4.33. The number of guanidine groups is 1. The lowest BCUT2D eigenvalue weighted by Crippen LogP contribution is -2.37. The molecule has 4 heteroatoms. The van der Waals surface area contributed by atoms with Crippen molar-refractivity contribution in [3.63, 3.8) is 0 Å². The van der Waals surface area contributed by atoms with Crippen molar-refractivity contribution in [3.8, 4) is 0 Å². The van der Waals surface area contributed by atoms with E-state index in [4.69, 9.17) is 10.5 Å². The molecule has 0 amide bonds. The van der Waals surface area contributed by atoms with E-state index in [0.717, 1.165) is 13.1 Å². The van der Waals surface area contributed by atoms with Crippen molar-refractivity contribution in [1.82, 2.24) is 5.32 Å². The van der Waals surface area contributed by atoms with Crippen LogP contribution in [0.2, 0.25) is 0 Å². The number of hydrogen-bond acceptors (Lipinski definition) is 2. The van der Waals surface area contributed by atoms with Crippen LogP contribution < -0.4 is 11.1 Å². The number of nitrogens with zero attached hydrogens (tertiary/aromatic N) is 1. The lowest BCUT2D eigenvalue weighted by Gasteiger charge is -2.40. The third-order valence-electron chi connectivity index (χ3n) is 3.36. The maximum atomic E-state index is 5.74. The zero-order valence-electron chi connectivity index (χ0n) is 9.88. The van der Waals surface area contributed by atoms with Crippen molar-refractivity contribution in [1.29, 1.82) is 0 Å². The summed E-state index contributed by atoms with van der Waals surface area (Å²) in [5.41, 5.74) is 6.19. The number of rotatable bonds is 6. The second kappa shape index (κ2) is 5.95. The van der Waals surface area contributed by atoms with Gasteiger partial charge in [0, 0.05) is 20.2 Å². The number of aliphatic imine (C=N–C) groups is 1. The summed E-state index contributed by atoms with van der Waals surface area (Å²) in [6.07, 6.45) is 5.17. The Morgan fingerprint density at radius 2 is 2.27 bits per heavy atom. The van der Waals surface area contributed by atoms with E-state index in [0.29, 0.717) is 18.0 Å². The number of nitrogens with two attached hydrogens (primary N) is 1. The molecule has 1 saturated carbocycles. The zero-order chi connectivity index (χ0) is 11.1. The van der Waals surface area contributed by atoms with Crippen molar-refractivity contribution < 1.29 is 4.74 Å². The minimum atomic E-state index is 0.452. The summed E-state index contributed by atoms with van der Waals surface area (Å²) in [5.74, 6) is 0.548. The third kappa shape index (κ3) is 3.70. The smallest absolute Gasteiger partial charge is 0.188 e. The molecule has 1 fully saturated rings. The lowest BCUT2D eigenvalue weighted by atomic mass is 9.67. The molecule has 1 rings (SSSR count). The van der Waals surface area contributed by atoms with Crippen LogP contribution in [0.5, 0.6) is 0 Å². The Balaban J connectivity index is 2.23. The molecule has 4 nitrogen and oxygen atoms in total. The van der Waals surface area contributed by atoms with Crippen molar-refractivity contribution in [2.75, 3.05) is 26.8 Å². The normalized spacial score (nSPS) is 19.7. The molecule has 1 aliphatic carbocycles. The van der Waals surface area contributed by atoms with Crippen molar-refractivity contribution in [2.45, 2.75) is 32.6 Å². The van der Waals surface area contributed by atoms with E-state index in [-0.39, 0.29) is 0 Å². The average Bonchev–Trinajstić information content (AvgIpc) is 2.17. The van der Waals surface area contributed by atoms with E-state index in [1.165, 1.54) is 25.7 Å². The van der Waals surface area contributed by atoms with Gasteiger partial charge < -0.3 is 15.8 Å². The third-order valence-corrected chi connectivity index (χ3v) is 3.36. The highest BCUT2D eigenvalue weighted by Gasteiger charge is 2.34. The van der Waals surface area contributed by atoms with Gasteiger partial charge >= 0.3 is 0 Å². The van der Waals surface area contributed by atoms with Crippen molar-refractivity contribution in [3.05, 3.63) is 0 Å². The number of ether oxygens (including phenoxy) is 1. The fraction of sp³-hybridized carbons (Fsp3) is 0.909. The molecule has 15 heavy (non-hydrogen) atoms. The fourth-order valence-corrected chi connectivity index (χ4v) is 1.89. The Morgan fingerprint density at radius 3 is 2.73 bits per heavy atom. The Morgan fingerprint density at radius 1 is 1.53 bits per heavy atom. The lowest BCUT2D eigenvalue weighted by molar-refractivity contribution is 0.139. The van der Waals surface area contributed by atoms with Gasteiger partial charge in [-0.1, -0.05) is 13.3 Å². The van der Waals surface area contributed by atoms with Gasteiger partial charge in [-0.3, -0.25) is 4.99 Å². The molecular weight excluding hydrogens is 190 g/mol. The van der Waals surface area contributed by atoms with Gasteiger partial charge in [0.1, 0.15) is 0 Å². The van der Waals surface area contributed by atoms with Crippen LogP contribution in [0.15, 0.2) is 4.99 Å². The van der Waals surface area contributed by atoms with Gasteiger partial charge in [-0.05, 0) is 24.7 Å². The molecule has 0 unspecified atom stereocenters. The topological polar surface area (TPSA) is 59.6 Å². The van der Waals surface area contributed by atoms with Crippen LogP contribution in [-0.4, -0.2) is 32.8 Å². The number of methoxy groups -OCH3 is 1. The van der Waals surface area contributed by atoms with Gasteiger partial charge in [0.25, 0.3) is 0 Å². The first-order chi connectivity index (χ1) is 7.22. The summed E-state index contributed by atoms with van der Waals surface area (Å²) >= 11 is 0. The molecule has 3 N–H and O–H groups in total. The minimum absolute atomic E-state index is 0.452. The molecule has 0 saturated heterocycles. The molecule has 0 heterocycles. The van der Waals surface area contributed by atoms with Crippen LogP contribution in [0.1, 0.15) is 32.6 Å². The molecule has 0 bridgehead atoms. The van der Waals surface area contributed by atoms with Gasteiger partial charge in [0.2, 0.25) is 0 Å². The van der Waals surface area contributed by atoms with E-state index in [1.54, 1.807) is 7.11 Å². The predicted octanol–water partition coefficient (Wildman–Crippen LogP) is 1.12. The van der Waals surface area contributed by atoms with Crippen LogP contribution in [-0.2, 0) is 4.74 Å². The average molecular weight is 213 g/mol. The van der Waals surface area contributed by atoms with Crippen LogP contribution in [0, 0.1) is 5.41 Å². The molecule has 0 aromatic rings. The quantitative estimate of drug-likeness (QED) is 0.395. The first kappa shape index (κ1) is 12.3. The molecule has 0 aromatic heterocycles. The molecule has 88 valence electrons. The second-order valence-electron chi connectivity index (χ2n) is 4.33. The van der Waals surface area contributed by atoms with Gasteiger partial charge in [-0.2, -0.15) is 0 Å². The van der Waals surface area contributed by atoms with E-state index in [1.807, 2.05) is 0 Å². The first-order valence-electron chi connectivity index (χ1n) is 5.75. The maximum absolute atomic E-state index is 5.74. The van der Waals surface area contributed by atoms with Crippen LogP contribution >= 0.6 is 0 Å². The van der Waals surface area contributed by atoms with Crippen LogP contribution in [0.4, 0.5) is 0 Å². The Kier molecular flexibility index (Phi) is 4.88. The standard InChI is InChI=1S/C11H23N3O/c1-3-11(5-4-6-11)9-14-10(12)13-7-8-15-2/h3-9H2,1-2H3,(H3,12,13,14). The summed E-state index contributed by atoms with van der Waals surface area (Å²) in [7, 11) is 1.68. The Bertz CT molecular complexity index is 206. The highest BCUT2D eigenvalue weighted by molar-refractivity contribution is 5.77. The largest absolute Gasteiger partial charge is 0.383 e. The maximum Gasteiger partial charge on any atom is 0.188 e. The van der Waals surface area contributed by atoms with Crippen LogP contribution in [0.3, 0.4) is 0 Å². The Hall–Kier alpha value is -0.770. The molecule has 0 spiro atoms. The van der Waals surface area contributed by atoms with E-state index >= 15 is 0 Å². The fourth-order valence-electron chi connectivity index (χ4n) is 1.89. The molecule has 1 aliphatic rings. The first-order valence-corrected chi connectivity index (χ1v) is 5.75. The minimum Gasteiger partial charge on any atom is -0.383 e.